The SMILES string of the molecule is CC(=O)O[C@@H]1CC[C@]2(C)[C@@H]3CC[C@@]4(C)[C@H](CC[C@H]4[C@H](C)CCCC(C)C)[C@@H]3CC[C@@]2(Cl)C1. The first-order valence-electron chi connectivity index (χ1n) is 13.9. The number of fused-ring (bicyclic) bond motifs is 5. The van der Waals surface area contributed by atoms with E-state index in [0.29, 0.717) is 5.41 Å². The number of hydrogen-bond donors (Lipinski definition) is 0. The van der Waals surface area contributed by atoms with Crippen LogP contribution in [0.3, 0.4) is 0 Å². The molecule has 0 spiro atoms. The maximum absolute atomic E-state index is 11.6. The Morgan fingerprint density at radius 2 is 1.72 bits per heavy atom. The van der Waals surface area contributed by atoms with Crippen molar-refractivity contribution in [3.8, 4) is 0 Å². The molecule has 4 aliphatic carbocycles. The summed E-state index contributed by atoms with van der Waals surface area (Å²) in [6.45, 7) is 14.0. The maximum atomic E-state index is 11.6. The van der Waals surface area contributed by atoms with Crippen molar-refractivity contribution < 1.29 is 9.53 Å². The molecule has 0 amide bonds. The largest absolute Gasteiger partial charge is 0.462 e. The number of alkyl halides is 1. The molecule has 4 fully saturated rings. The van der Waals surface area contributed by atoms with Crippen LogP contribution < -0.4 is 0 Å². The highest BCUT2D eigenvalue weighted by molar-refractivity contribution is 6.24. The lowest BCUT2D eigenvalue weighted by molar-refractivity contribution is -0.157. The Labute approximate surface area is 203 Å². The van der Waals surface area contributed by atoms with Crippen molar-refractivity contribution in [3.05, 3.63) is 0 Å². The van der Waals surface area contributed by atoms with Crippen molar-refractivity contribution >= 4 is 17.6 Å². The average molecular weight is 465 g/mol. The predicted octanol–water partition coefficient (Wildman–Crippen LogP) is 8.40. The summed E-state index contributed by atoms with van der Waals surface area (Å²) >= 11 is 7.46. The number of carbonyl (C=O) groups is 1. The fourth-order valence-electron chi connectivity index (χ4n) is 9.52. The zero-order chi connectivity index (χ0) is 23.3. The second-order valence-electron chi connectivity index (χ2n) is 13.3. The lowest BCUT2D eigenvalue weighted by Crippen LogP contribution is -2.60. The van der Waals surface area contributed by atoms with E-state index in [0.717, 1.165) is 61.2 Å². The molecule has 9 atom stereocenters. The number of carbonyl (C=O) groups excluding carboxylic acids is 1. The predicted molar refractivity (Wildman–Crippen MR) is 134 cm³/mol. The quantitative estimate of drug-likeness (QED) is 0.291. The molecule has 2 nitrogen and oxygen atoms in total. The van der Waals surface area contributed by atoms with Gasteiger partial charge >= 0.3 is 5.97 Å². The van der Waals surface area contributed by atoms with Crippen molar-refractivity contribution in [1.82, 2.24) is 0 Å². The number of halogens is 1. The smallest absolute Gasteiger partial charge is 0.302 e. The van der Waals surface area contributed by atoms with E-state index in [2.05, 4.69) is 34.6 Å². The van der Waals surface area contributed by atoms with Crippen molar-refractivity contribution in [2.24, 2.45) is 46.3 Å². The third-order valence-electron chi connectivity index (χ3n) is 11.2. The Balaban J connectivity index is 1.47. The Kier molecular flexibility index (Phi) is 7.06. The van der Waals surface area contributed by atoms with Crippen LogP contribution in [-0.2, 0) is 9.53 Å². The minimum Gasteiger partial charge on any atom is -0.462 e. The Hall–Kier alpha value is -0.240. The molecule has 0 aliphatic heterocycles. The summed E-state index contributed by atoms with van der Waals surface area (Å²) < 4.78 is 5.64. The van der Waals surface area contributed by atoms with E-state index in [4.69, 9.17) is 16.3 Å². The minimum absolute atomic E-state index is 0.0195. The molecular formula is C29H49ClO2. The Morgan fingerprint density at radius 3 is 2.41 bits per heavy atom. The summed E-state index contributed by atoms with van der Waals surface area (Å²) in [7, 11) is 0. The molecule has 0 aromatic carbocycles. The molecule has 4 saturated carbocycles. The maximum Gasteiger partial charge on any atom is 0.302 e. The third kappa shape index (κ3) is 4.18. The van der Waals surface area contributed by atoms with Crippen LogP contribution >= 0.6 is 11.6 Å². The van der Waals surface area contributed by atoms with Crippen molar-refractivity contribution in [2.75, 3.05) is 0 Å². The minimum atomic E-state index is -0.192. The number of ether oxygens (including phenoxy) is 1. The van der Waals surface area contributed by atoms with Crippen LogP contribution in [0.2, 0.25) is 0 Å². The fourth-order valence-corrected chi connectivity index (χ4v) is 10.0. The van der Waals surface area contributed by atoms with Gasteiger partial charge in [0, 0.05) is 13.3 Å². The third-order valence-corrected chi connectivity index (χ3v) is 12.0. The van der Waals surface area contributed by atoms with Gasteiger partial charge in [0.2, 0.25) is 0 Å². The number of esters is 1. The average Bonchev–Trinajstić information content (AvgIpc) is 3.05. The first kappa shape index (κ1) is 24.9. The summed E-state index contributed by atoms with van der Waals surface area (Å²) in [4.78, 5) is 11.4. The molecule has 4 aliphatic rings. The first-order chi connectivity index (χ1) is 15.0. The number of hydrogen-bond acceptors (Lipinski definition) is 2. The molecule has 0 saturated heterocycles. The van der Waals surface area contributed by atoms with Gasteiger partial charge in [0.05, 0.1) is 4.87 Å². The molecule has 184 valence electrons. The molecule has 0 heterocycles. The van der Waals surface area contributed by atoms with Gasteiger partial charge in [-0.1, -0.05) is 53.9 Å². The topological polar surface area (TPSA) is 26.3 Å². The summed E-state index contributed by atoms with van der Waals surface area (Å²) in [5, 5.41) is 0. The van der Waals surface area contributed by atoms with Crippen LogP contribution in [0.25, 0.3) is 0 Å². The molecule has 0 N–H and O–H groups in total. The van der Waals surface area contributed by atoms with Gasteiger partial charge in [0.15, 0.2) is 0 Å². The molecule has 3 heteroatoms. The van der Waals surface area contributed by atoms with Crippen LogP contribution in [0.4, 0.5) is 0 Å². The molecule has 0 radical (unpaired) electrons. The monoisotopic (exact) mass is 464 g/mol. The van der Waals surface area contributed by atoms with Crippen LogP contribution in [-0.4, -0.2) is 16.9 Å². The van der Waals surface area contributed by atoms with Gasteiger partial charge in [-0.3, -0.25) is 4.79 Å². The highest BCUT2D eigenvalue weighted by Crippen LogP contribution is 2.70. The van der Waals surface area contributed by atoms with E-state index in [1.807, 2.05) is 0 Å². The molecule has 32 heavy (non-hydrogen) atoms. The summed E-state index contributed by atoms with van der Waals surface area (Å²) in [5.41, 5.74) is 0.729. The molecule has 4 rings (SSSR count). The second-order valence-corrected chi connectivity index (χ2v) is 14.0. The Bertz CT molecular complexity index is 691. The zero-order valence-electron chi connectivity index (χ0n) is 21.7. The molecule has 0 aromatic rings. The number of rotatable bonds is 6. The molecule has 0 aromatic heterocycles. The van der Waals surface area contributed by atoms with Gasteiger partial charge in [-0.05, 0) is 97.7 Å². The van der Waals surface area contributed by atoms with E-state index >= 15 is 0 Å². The van der Waals surface area contributed by atoms with Crippen molar-refractivity contribution in [1.29, 1.82) is 0 Å². The Morgan fingerprint density at radius 1 is 0.969 bits per heavy atom. The van der Waals surface area contributed by atoms with E-state index in [1.165, 1.54) is 58.3 Å². The highest BCUT2D eigenvalue weighted by Gasteiger charge is 2.64. The van der Waals surface area contributed by atoms with Crippen molar-refractivity contribution in [2.45, 2.75) is 130 Å². The van der Waals surface area contributed by atoms with Crippen LogP contribution in [0.1, 0.15) is 119 Å². The molecule has 0 unspecified atom stereocenters. The first-order valence-corrected chi connectivity index (χ1v) is 14.2. The van der Waals surface area contributed by atoms with Gasteiger partial charge in [-0.2, -0.15) is 0 Å². The fraction of sp³-hybridized carbons (Fsp3) is 0.966. The normalized spacial score (nSPS) is 46.8. The van der Waals surface area contributed by atoms with Gasteiger partial charge < -0.3 is 4.74 Å². The van der Waals surface area contributed by atoms with E-state index in [9.17, 15) is 4.79 Å². The van der Waals surface area contributed by atoms with Gasteiger partial charge in [-0.25, -0.2) is 0 Å². The van der Waals surface area contributed by atoms with E-state index in [1.54, 1.807) is 0 Å². The summed E-state index contributed by atoms with van der Waals surface area (Å²) in [6, 6.07) is 0. The summed E-state index contributed by atoms with van der Waals surface area (Å²) in [6.07, 6.45) is 15.2. The van der Waals surface area contributed by atoms with E-state index < -0.39 is 0 Å². The lowest BCUT2D eigenvalue weighted by Gasteiger charge is -2.64. The van der Waals surface area contributed by atoms with E-state index in [-0.39, 0.29) is 22.4 Å². The second kappa shape index (κ2) is 9.09. The van der Waals surface area contributed by atoms with Gasteiger partial charge in [0.1, 0.15) is 6.10 Å². The molecule has 0 bridgehead atoms. The lowest BCUT2D eigenvalue weighted by atomic mass is 9.44. The summed E-state index contributed by atoms with van der Waals surface area (Å²) in [5.74, 6) is 4.95. The van der Waals surface area contributed by atoms with Crippen LogP contribution in [0.5, 0.6) is 0 Å². The zero-order valence-corrected chi connectivity index (χ0v) is 22.5. The van der Waals surface area contributed by atoms with Gasteiger partial charge in [0.25, 0.3) is 0 Å². The van der Waals surface area contributed by atoms with Crippen molar-refractivity contribution in [3.63, 3.8) is 0 Å². The van der Waals surface area contributed by atoms with Crippen LogP contribution in [0, 0.1) is 46.3 Å². The molecular weight excluding hydrogens is 416 g/mol. The highest BCUT2D eigenvalue weighted by atomic mass is 35.5. The van der Waals surface area contributed by atoms with Crippen LogP contribution in [0.15, 0.2) is 0 Å². The standard InChI is InChI=1S/C29H49ClO2/c1-19(2)8-7-9-20(3)24-10-11-25-23-13-17-29(30)18-22(32-21(4)31)12-16-28(29,6)26(23)14-15-27(24,25)5/h19-20,22-26H,7-18H2,1-6H3/t20-,22-,23+,24+,25-,26-,27-,28-,29-/m1/s1. The van der Waals surface area contributed by atoms with Gasteiger partial charge in [-0.15, -0.1) is 11.6 Å².